The second-order valence-corrected chi connectivity index (χ2v) is 5.79. The lowest BCUT2D eigenvalue weighted by Gasteiger charge is -2.12. The Morgan fingerprint density at radius 2 is 1.86 bits per heavy atom. The van der Waals surface area contributed by atoms with Crippen molar-refractivity contribution in [3.05, 3.63) is 70.5 Å². The van der Waals surface area contributed by atoms with Crippen molar-refractivity contribution >= 4 is 5.91 Å². The van der Waals surface area contributed by atoms with E-state index in [9.17, 15) is 14.3 Å². The van der Waals surface area contributed by atoms with Gasteiger partial charge < -0.3 is 10.4 Å². The van der Waals surface area contributed by atoms with Crippen LogP contribution < -0.4 is 5.32 Å². The van der Waals surface area contributed by atoms with Gasteiger partial charge in [-0.1, -0.05) is 18.2 Å². The van der Waals surface area contributed by atoms with E-state index >= 15 is 0 Å². The van der Waals surface area contributed by atoms with Crippen molar-refractivity contribution < 1.29 is 14.3 Å². The van der Waals surface area contributed by atoms with Crippen molar-refractivity contribution in [2.24, 2.45) is 0 Å². The fourth-order valence-corrected chi connectivity index (χ4v) is 2.87. The van der Waals surface area contributed by atoms with E-state index in [0.29, 0.717) is 5.56 Å². The molecular weight excluding hydrogens is 281 g/mol. The smallest absolute Gasteiger partial charge is 0.251 e. The van der Waals surface area contributed by atoms with Crippen LogP contribution in [-0.2, 0) is 12.8 Å². The van der Waals surface area contributed by atoms with Crippen LogP contribution in [0.5, 0.6) is 0 Å². The molecule has 2 unspecified atom stereocenters. The minimum absolute atomic E-state index is 0.0387. The molecule has 2 aromatic rings. The third-order valence-electron chi connectivity index (χ3n) is 4.09. The van der Waals surface area contributed by atoms with Gasteiger partial charge in [0.15, 0.2) is 0 Å². The summed E-state index contributed by atoms with van der Waals surface area (Å²) in [5.74, 6) is -0.538. The summed E-state index contributed by atoms with van der Waals surface area (Å²) in [6, 6.07) is 11.5. The van der Waals surface area contributed by atoms with Gasteiger partial charge in [0.2, 0.25) is 0 Å². The van der Waals surface area contributed by atoms with Crippen LogP contribution in [0.2, 0.25) is 0 Å². The normalized spacial score (nSPS) is 17.9. The maximum absolute atomic E-state index is 12.9. The van der Waals surface area contributed by atoms with Gasteiger partial charge in [0.25, 0.3) is 5.91 Å². The average molecular weight is 299 g/mol. The van der Waals surface area contributed by atoms with Crippen LogP contribution >= 0.6 is 0 Å². The van der Waals surface area contributed by atoms with Gasteiger partial charge in [0.1, 0.15) is 5.82 Å². The minimum atomic E-state index is -0.488. The monoisotopic (exact) mass is 299 g/mol. The zero-order chi connectivity index (χ0) is 15.7. The molecule has 0 radical (unpaired) electrons. The molecule has 0 heterocycles. The third kappa shape index (κ3) is 3.02. The summed E-state index contributed by atoms with van der Waals surface area (Å²) in [5, 5.41) is 12.6. The summed E-state index contributed by atoms with van der Waals surface area (Å²) >= 11 is 0. The molecular formula is C18H18FNO2. The molecule has 4 heteroatoms. The highest BCUT2D eigenvalue weighted by atomic mass is 19.1. The second kappa shape index (κ2) is 5.89. The SMILES string of the molecule is CC(O)c1ccc2c(c1)CC(NC(=O)c1ccc(F)cc1)C2. The van der Waals surface area contributed by atoms with E-state index in [4.69, 9.17) is 0 Å². The Morgan fingerprint density at radius 1 is 1.18 bits per heavy atom. The van der Waals surface area contributed by atoms with Crippen LogP contribution in [0.25, 0.3) is 0 Å². The Kier molecular flexibility index (Phi) is 3.94. The summed E-state index contributed by atoms with van der Waals surface area (Å²) in [6.45, 7) is 1.74. The number of nitrogens with one attached hydrogen (secondary N) is 1. The number of halogens is 1. The largest absolute Gasteiger partial charge is 0.389 e. The van der Waals surface area contributed by atoms with Crippen LogP contribution in [0.1, 0.15) is 40.1 Å². The number of hydrogen-bond donors (Lipinski definition) is 2. The molecule has 2 N–H and O–H groups in total. The lowest BCUT2D eigenvalue weighted by molar-refractivity contribution is 0.0938. The Morgan fingerprint density at radius 3 is 2.55 bits per heavy atom. The van der Waals surface area contributed by atoms with Gasteiger partial charge in [-0.2, -0.15) is 0 Å². The van der Waals surface area contributed by atoms with Crippen molar-refractivity contribution in [2.75, 3.05) is 0 Å². The topological polar surface area (TPSA) is 49.3 Å². The average Bonchev–Trinajstić information content (AvgIpc) is 2.88. The molecule has 0 spiro atoms. The van der Waals surface area contributed by atoms with E-state index in [1.807, 2.05) is 18.2 Å². The molecule has 1 aliphatic carbocycles. The molecule has 2 aromatic carbocycles. The van der Waals surface area contributed by atoms with Crippen molar-refractivity contribution in [3.8, 4) is 0 Å². The maximum Gasteiger partial charge on any atom is 0.251 e. The highest BCUT2D eigenvalue weighted by Gasteiger charge is 2.23. The lowest BCUT2D eigenvalue weighted by Crippen LogP contribution is -2.35. The Bertz CT molecular complexity index is 695. The van der Waals surface area contributed by atoms with Gasteiger partial charge in [-0.15, -0.1) is 0 Å². The van der Waals surface area contributed by atoms with Gasteiger partial charge in [-0.3, -0.25) is 4.79 Å². The van der Waals surface area contributed by atoms with E-state index < -0.39 is 6.10 Å². The summed E-state index contributed by atoms with van der Waals surface area (Å²) in [5.41, 5.74) is 3.72. The van der Waals surface area contributed by atoms with Gasteiger partial charge in [0.05, 0.1) is 6.10 Å². The first-order valence-electron chi connectivity index (χ1n) is 7.39. The number of carbonyl (C=O) groups excluding carboxylic acids is 1. The first kappa shape index (κ1) is 14.7. The van der Waals surface area contributed by atoms with Crippen LogP contribution in [0.4, 0.5) is 4.39 Å². The molecule has 1 amide bonds. The van der Waals surface area contributed by atoms with Gasteiger partial charge in [-0.05, 0) is 60.7 Å². The van der Waals surface area contributed by atoms with Crippen molar-refractivity contribution in [1.29, 1.82) is 0 Å². The maximum atomic E-state index is 12.9. The minimum Gasteiger partial charge on any atom is -0.389 e. The van der Waals surface area contributed by atoms with Crippen LogP contribution in [0, 0.1) is 5.82 Å². The molecule has 1 aliphatic rings. The Balaban J connectivity index is 1.68. The number of benzene rings is 2. The molecule has 2 atom stereocenters. The number of aliphatic hydroxyl groups is 1. The highest BCUT2D eigenvalue weighted by Crippen LogP contribution is 2.26. The van der Waals surface area contributed by atoms with Gasteiger partial charge in [-0.25, -0.2) is 4.39 Å². The molecule has 0 aliphatic heterocycles. The first-order chi connectivity index (χ1) is 10.5. The van der Waals surface area contributed by atoms with Gasteiger partial charge >= 0.3 is 0 Å². The number of carbonyl (C=O) groups is 1. The predicted molar refractivity (Wildman–Crippen MR) is 82.1 cm³/mol. The number of fused-ring (bicyclic) bond motifs is 1. The summed E-state index contributed by atoms with van der Waals surface area (Å²) < 4.78 is 12.9. The van der Waals surface area contributed by atoms with Crippen molar-refractivity contribution in [2.45, 2.75) is 31.9 Å². The van der Waals surface area contributed by atoms with E-state index in [0.717, 1.165) is 18.4 Å². The summed E-state index contributed by atoms with van der Waals surface area (Å²) in [4.78, 5) is 12.2. The molecule has 3 rings (SSSR count). The summed E-state index contributed by atoms with van der Waals surface area (Å²) in [6.07, 6.45) is 1.05. The third-order valence-corrected chi connectivity index (χ3v) is 4.09. The van der Waals surface area contributed by atoms with Crippen LogP contribution in [0.3, 0.4) is 0 Å². The second-order valence-electron chi connectivity index (χ2n) is 5.79. The molecule has 3 nitrogen and oxygen atoms in total. The fraction of sp³-hybridized carbons (Fsp3) is 0.278. The zero-order valence-electron chi connectivity index (χ0n) is 12.3. The standard InChI is InChI=1S/C18H18FNO2/c1-11(21)13-2-3-14-9-17(10-15(14)8-13)20-18(22)12-4-6-16(19)7-5-12/h2-8,11,17,21H,9-10H2,1H3,(H,20,22). The quantitative estimate of drug-likeness (QED) is 0.915. The number of hydrogen-bond acceptors (Lipinski definition) is 2. The van der Waals surface area contributed by atoms with E-state index in [1.54, 1.807) is 6.92 Å². The molecule has 114 valence electrons. The van der Waals surface area contributed by atoms with E-state index in [-0.39, 0.29) is 17.8 Å². The molecule has 0 aromatic heterocycles. The number of aliphatic hydroxyl groups excluding tert-OH is 1. The molecule has 0 bridgehead atoms. The number of rotatable bonds is 3. The van der Waals surface area contributed by atoms with Crippen LogP contribution in [-0.4, -0.2) is 17.1 Å². The molecule has 0 saturated carbocycles. The fourth-order valence-electron chi connectivity index (χ4n) is 2.87. The van der Waals surface area contributed by atoms with Crippen molar-refractivity contribution in [3.63, 3.8) is 0 Å². The van der Waals surface area contributed by atoms with Crippen LogP contribution in [0.15, 0.2) is 42.5 Å². The predicted octanol–water partition coefficient (Wildman–Crippen LogP) is 2.78. The summed E-state index contributed by atoms with van der Waals surface area (Å²) in [7, 11) is 0. The lowest BCUT2D eigenvalue weighted by atomic mass is 10.0. The Hall–Kier alpha value is -2.20. The first-order valence-corrected chi connectivity index (χ1v) is 7.39. The molecule has 22 heavy (non-hydrogen) atoms. The molecule has 0 fully saturated rings. The Labute approximate surface area is 128 Å². The highest BCUT2D eigenvalue weighted by molar-refractivity contribution is 5.94. The molecule has 0 saturated heterocycles. The van der Waals surface area contributed by atoms with E-state index in [2.05, 4.69) is 5.32 Å². The number of amides is 1. The van der Waals surface area contributed by atoms with Gasteiger partial charge in [0, 0.05) is 11.6 Å². The van der Waals surface area contributed by atoms with E-state index in [1.165, 1.54) is 35.4 Å². The zero-order valence-corrected chi connectivity index (χ0v) is 12.3. The van der Waals surface area contributed by atoms with Crippen molar-refractivity contribution in [1.82, 2.24) is 5.32 Å².